The second-order valence-electron chi connectivity index (χ2n) is 12.6. The highest BCUT2D eigenvalue weighted by Crippen LogP contribution is 2.42. The minimum atomic E-state index is -1.11. The molecule has 5 atom stereocenters. The second kappa shape index (κ2) is 14.3. The lowest BCUT2D eigenvalue weighted by atomic mass is 9.90. The predicted molar refractivity (Wildman–Crippen MR) is 170 cm³/mol. The molecule has 3 aromatic rings. The molecule has 4 amide bonds. The van der Waals surface area contributed by atoms with E-state index < -0.39 is 33.2 Å². The van der Waals surface area contributed by atoms with Crippen LogP contribution in [0.25, 0.3) is 0 Å². The molecule has 0 bridgehead atoms. The van der Waals surface area contributed by atoms with Crippen molar-refractivity contribution in [2.75, 3.05) is 13.1 Å². The van der Waals surface area contributed by atoms with Crippen LogP contribution in [0.5, 0.6) is 0 Å². The quantitative estimate of drug-likeness (QED) is 0.250. The van der Waals surface area contributed by atoms with Gasteiger partial charge in [0, 0.05) is 31.6 Å². The van der Waals surface area contributed by atoms with Crippen LogP contribution >= 0.6 is 0 Å². The van der Waals surface area contributed by atoms with Crippen LogP contribution in [-0.2, 0) is 33.8 Å². The summed E-state index contributed by atoms with van der Waals surface area (Å²) in [6.45, 7) is 2.56. The number of quaternary nitrogens is 2. The van der Waals surface area contributed by atoms with E-state index in [2.05, 4.69) is 0 Å². The Kier molecular flexibility index (Phi) is 10.3. The first kappa shape index (κ1) is 32.3. The number of likely N-dealkylation sites (tertiary alicyclic amines) is 2. The number of hydrogen-bond acceptors (Lipinski definition) is 5. The van der Waals surface area contributed by atoms with E-state index in [0.717, 1.165) is 16.7 Å². The maximum absolute atomic E-state index is 14.1. The van der Waals surface area contributed by atoms with Crippen molar-refractivity contribution in [2.45, 2.75) is 77.0 Å². The fourth-order valence-corrected chi connectivity index (χ4v) is 7.54. The van der Waals surface area contributed by atoms with Crippen molar-refractivity contribution in [1.82, 2.24) is 0 Å². The summed E-state index contributed by atoms with van der Waals surface area (Å²) in [4.78, 5) is 54.5. The topological polar surface area (TPSA) is 97.7 Å². The number of imide groups is 2. The lowest BCUT2D eigenvalue weighted by molar-refractivity contribution is -0.803. The Morgan fingerprint density at radius 3 is 1.76 bits per heavy atom. The van der Waals surface area contributed by atoms with E-state index in [0.29, 0.717) is 45.1 Å². The summed E-state index contributed by atoms with van der Waals surface area (Å²) in [6.07, 6.45) is 1.98. The number of amides is 4. The van der Waals surface area contributed by atoms with Crippen LogP contribution in [0.1, 0.15) is 62.1 Å². The zero-order chi connectivity index (χ0) is 31.9. The number of carbonyl (C=O) groups is 4. The average Bonchev–Trinajstić information content (AvgIpc) is 3.65. The Morgan fingerprint density at radius 2 is 1.22 bits per heavy atom. The van der Waals surface area contributed by atoms with Gasteiger partial charge in [-0.1, -0.05) is 91.0 Å². The molecule has 3 aromatic carbocycles. The Morgan fingerprint density at radius 1 is 0.711 bits per heavy atom. The maximum atomic E-state index is 14.1. The van der Waals surface area contributed by atoms with Crippen molar-refractivity contribution in [1.29, 1.82) is 0 Å². The molecule has 2 heterocycles. The lowest BCUT2D eigenvalue weighted by Crippen LogP contribution is -2.62. The number of carbonyl (C=O) groups excluding carboxylic acids is 3. The number of carboxylic acid groups (broad SMARTS) is 1. The molecular weight excluding hydrogens is 568 g/mol. The summed E-state index contributed by atoms with van der Waals surface area (Å²) in [5, 5.41) is 10.5. The van der Waals surface area contributed by atoms with E-state index >= 15 is 0 Å². The predicted octanol–water partition coefficient (Wildman–Crippen LogP) is 6.91. The minimum Gasteiger partial charge on any atom is -0.435 e. The summed E-state index contributed by atoms with van der Waals surface area (Å²) < 4.78 is 4.85. The van der Waals surface area contributed by atoms with Crippen LogP contribution in [0.2, 0.25) is 0 Å². The zero-order valence-corrected chi connectivity index (χ0v) is 26.1. The summed E-state index contributed by atoms with van der Waals surface area (Å²) in [7, 11) is 0. The van der Waals surface area contributed by atoms with Crippen molar-refractivity contribution >= 4 is 24.0 Å². The summed E-state index contributed by atoms with van der Waals surface area (Å²) in [6, 6.07) is 28.0. The highest BCUT2D eigenvalue weighted by molar-refractivity contribution is 5.82. The largest absolute Gasteiger partial charge is 0.524 e. The van der Waals surface area contributed by atoms with Gasteiger partial charge < -0.3 is 9.84 Å². The Bertz CT molecular complexity index is 1420. The summed E-state index contributed by atoms with van der Waals surface area (Å²) >= 11 is 0. The van der Waals surface area contributed by atoms with Crippen molar-refractivity contribution in [3.8, 4) is 0 Å². The molecule has 0 aromatic heterocycles. The maximum Gasteiger partial charge on any atom is 0.524 e. The fraction of sp³-hybridized carbons (Fsp3) is 0.405. The van der Waals surface area contributed by atoms with E-state index in [1.165, 1.54) is 0 Å². The van der Waals surface area contributed by atoms with Crippen molar-refractivity contribution in [2.24, 2.45) is 5.92 Å². The molecule has 8 heteroatoms. The van der Waals surface area contributed by atoms with Gasteiger partial charge in [-0.05, 0) is 36.5 Å². The molecule has 2 aliphatic heterocycles. The molecule has 2 fully saturated rings. The van der Waals surface area contributed by atoms with Crippen LogP contribution in [0.3, 0.4) is 0 Å². The standard InChI is InChI=1S/C37H43N2O6/c1-28-32(26-33-18-11-24-39(33,36(42)43)35(41)22-20-30-14-7-3-8-15-30)23-25-38(28,34(40)21-19-29-12-5-2-6-13-29)37(44)45-27-31-16-9-4-10-17-31/h2-10,12-17,28,32-33H,11,18-27H2,1H3/q+1/p+1/t28-,32?,33+,38?,39?/m1/s1. The van der Waals surface area contributed by atoms with Gasteiger partial charge in [0.1, 0.15) is 18.7 Å². The number of nitrogens with zero attached hydrogens (tertiary/aromatic N) is 2. The molecule has 45 heavy (non-hydrogen) atoms. The number of rotatable bonds is 10. The number of hydrogen-bond donors (Lipinski definition) is 1. The second-order valence-corrected chi connectivity index (χ2v) is 12.6. The van der Waals surface area contributed by atoms with Crippen molar-refractivity contribution < 1.29 is 38.0 Å². The molecule has 0 spiro atoms. The Balaban J connectivity index is 1.34. The van der Waals surface area contributed by atoms with Crippen LogP contribution in [-0.4, -0.2) is 63.2 Å². The van der Waals surface area contributed by atoms with Crippen LogP contribution in [0.15, 0.2) is 91.0 Å². The molecule has 236 valence electrons. The van der Waals surface area contributed by atoms with Crippen molar-refractivity contribution in [3.63, 3.8) is 0 Å². The molecule has 3 unspecified atom stereocenters. The molecule has 2 saturated heterocycles. The zero-order valence-electron chi connectivity index (χ0n) is 26.1. The van der Waals surface area contributed by atoms with Gasteiger partial charge in [0.25, 0.3) is 0 Å². The number of ether oxygens (including phenoxy) is 1. The van der Waals surface area contributed by atoms with E-state index in [4.69, 9.17) is 4.74 Å². The molecule has 2 aliphatic rings. The third-order valence-electron chi connectivity index (χ3n) is 10.2. The molecule has 8 nitrogen and oxygen atoms in total. The monoisotopic (exact) mass is 612 g/mol. The van der Waals surface area contributed by atoms with Gasteiger partial charge in [0.05, 0.1) is 25.9 Å². The normalized spacial score (nSPS) is 25.9. The molecule has 0 aliphatic carbocycles. The molecule has 0 saturated carbocycles. The smallest absolute Gasteiger partial charge is 0.435 e. The SMILES string of the molecule is C[C@@H]1C(C[C@@H]2CCC[N+]2(C(=O)O)C(=O)CCc2ccccc2)CC[N+]1(C(=O)CCc1ccccc1)C(=O)OCc1ccccc1. The lowest BCUT2D eigenvalue weighted by Gasteiger charge is -2.36. The van der Waals surface area contributed by atoms with Crippen LogP contribution < -0.4 is 0 Å². The highest BCUT2D eigenvalue weighted by atomic mass is 16.6. The van der Waals surface area contributed by atoms with E-state index in [1.807, 2.05) is 97.9 Å². The molecule has 5 rings (SSSR count). The van der Waals surface area contributed by atoms with E-state index in [-0.39, 0.29) is 43.7 Å². The molecular formula is C37H44N2O6+2. The summed E-state index contributed by atoms with van der Waals surface area (Å²) in [5.74, 6) is -0.574. The first-order valence-corrected chi connectivity index (χ1v) is 16.1. The van der Waals surface area contributed by atoms with Gasteiger partial charge in [0.2, 0.25) is 0 Å². The van der Waals surface area contributed by atoms with Crippen molar-refractivity contribution in [3.05, 3.63) is 108 Å². The van der Waals surface area contributed by atoms with E-state index in [9.17, 15) is 24.3 Å². The van der Waals surface area contributed by atoms with Crippen LogP contribution in [0.4, 0.5) is 9.59 Å². The highest BCUT2D eigenvalue weighted by Gasteiger charge is 2.61. The third-order valence-corrected chi connectivity index (χ3v) is 10.2. The van der Waals surface area contributed by atoms with Gasteiger partial charge in [0.15, 0.2) is 0 Å². The fourth-order valence-electron chi connectivity index (χ4n) is 7.54. The molecule has 1 N–H and O–H groups in total. The van der Waals surface area contributed by atoms with Gasteiger partial charge in [-0.25, -0.2) is 9.59 Å². The van der Waals surface area contributed by atoms with Gasteiger partial charge in [-0.3, -0.25) is 0 Å². The number of aryl methyl sites for hydroxylation is 2. The molecule has 0 radical (unpaired) electrons. The van der Waals surface area contributed by atoms with Gasteiger partial charge in [-0.2, -0.15) is 18.6 Å². The first-order chi connectivity index (χ1) is 21.8. The summed E-state index contributed by atoms with van der Waals surface area (Å²) in [5.41, 5.74) is 2.86. The number of benzene rings is 3. The van der Waals surface area contributed by atoms with Crippen LogP contribution in [0, 0.1) is 5.92 Å². The van der Waals surface area contributed by atoms with E-state index in [1.54, 1.807) is 0 Å². The van der Waals surface area contributed by atoms with Gasteiger partial charge in [-0.15, -0.1) is 0 Å². The first-order valence-electron chi connectivity index (χ1n) is 16.1. The minimum absolute atomic E-state index is 0.0700. The Labute approximate surface area is 265 Å². The third kappa shape index (κ3) is 6.77. The average molecular weight is 613 g/mol. The Hall–Kier alpha value is -4.14. The van der Waals surface area contributed by atoms with Gasteiger partial charge >= 0.3 is 24.0 Å².